The highest BCUT2D eigenvalue weighted by molar-refractivity contribution is 6.03. The molecule has 0 aromatic carbocycles. The van der Waals surface area contributed by atoms with Crippen molar-refractivity contribution in [1.29, 1.82) is 0 Å². The molecule has 1 aliphatic heterocycles. The van der Waals surface area contributed by atoms with Crippen molar-refractivity contribution in [2.75, 3.05) is 19.7 Å². The van der Waals surface area contributed by atoms with Crippen LogP contribution >= 0.6 is 0 Å². The lowest BCUT2D eigenvalue weighted by Crippen LogP contribution is -2.52. The van der Waals surface area contributed by atoms with E-state index in [0.717, 1.165) is 0 Å². The maximum Gasteiger partial charge on any atom is 0.238 e. The van der Waals surface area contributed by atoms with Crippen molar-refractivity contribution < 1.29 is 23.8 Å². The minimum absolute atomic E-state index is 0.0298. The number of alkyl halides is 1. The lowest BCUT2D eigenvalue weighted by Gasteiger charge is -2.33. The number of ketones is 1. The van der Waals surface area contributed by atoms with Crippen LogP contribution in [-0.4, -0.2) is 53.9 Å². The van der Waals surface area contributed by atoms with Crippen LogP contribution in [0.25, 0.3) is 0 Å². The molecular formula is C12H20FNO4. The number of hydrogen-bond acceptors (Lipinski definition) is 4. The van der Waals surface area contributed by atoms with E-state index in [1.807, 2.05) is 0 Å². The summed E-state index contributed by atoms with van der Waals surface area (Å²) in [6, 6.07) is 0. The van der Waals surface area contributed by atoms with Crippen LogP contribution in [-0.2, 0) is 14.3 Å². The van der Waals surface area contributed by atoms with Crippen LogP contribution in [0.4, 0.5) is 4.39 Å². The van der Waals surface area contributed by atoms with E-state index in [2.05, 4.69) is 0 Å². The molecule has 1 rings (SSSR count). The Morgan fingerprint density at radius 1 is 1.50 bits per heavy atom. The van der Waals surface area contributed by atoms with E-state index in [4.69, 9.17) is 4.74 Å². The topological polar surface area (TPSA) is 66.8 Å². The van der Waals surface area contributed by atoms with Gasteiger partial charge in [-0.05, 0) is 13.3 Å². The third-order valence-electron chi connectivity index (χ3n) is 3.04. The first-order valence-electron chi connectivity index (χ1n) is 6.26. The maximum absolute atomic E-state index is 13.3. The molecule has 0 aliphatic carbocycles. The number of Topliss-reactive ketones (excluding diaryl/α,β-unsaturated/α-hetero) is 1. The molecular weight excluding hydrogens is 241 g/mol. The smallest absolute Gasteiger partial charge is 0.238 e. The molecule has 0 saturated carbocycles. The highest BCUT2D eigenvalue weighted by Gasteiger charge is 2.41. The van der Waals surface area contributed by atoms with E-state index in [0.29, 0.717) is 6.42 Å². The van der Waals surface area contributed by atoms with Gasteiger partial charge in [-0.25, -0.2) is 4.39 Å². The molecule has 3 unspecified atom stereocenters. The number of nitrogens with zero attached hydrogens (tertiary/aromatic N) is 1. The zero-order valence-corrected chi connectivity index (χ0v) is 10.8. The van der Waals surface area contributed by atoms with Crippen LogP contribution < -0.4 is 0 Å². The summed E-state index contributed by atoms with van der Waals surface area (Å²) in [7, 11) is 0. The van der Waals surface area contributed by atoms with Crippen molar-refractivity contribution in [3.8, 4) is 0 Å². The Morgan fingerprint density at radius 3 is 2.72 bits per heavy atom. The standard InChI is InChI=1S/C12H20FNO4/c1-3-8(13)7-14-6-5-9(15)10(11(14)16)12(17)18-4-2/h8,10,12,17H,3-7H2,1-2H3. The van der Waals surface area contributed by atoms with Gasteiger partial charge in [0.25, 0.3) is 0 Å². The van der Waals surface area contributed by atoms with E-state index in [9.17, 15) is 19.1 Å². The van der Waals surface area contributed by atoms with Crippen molar-refractivity contribution in [3.05, 3.63) is 0 Å². The van der Waals surface area contributed by atoms with Gasteiger partial charge in [0, 0.05) is 19.6 Å². The van der Waals surface area contributed by atoms with Crippen LogP contribution in [0, 0.1) is 5.92 Å². The number of hydrogen-bond donors (Lipinski definition) is 1. The van der Waals surface area contributed by atoms with Crippen molar-refractivity contribution in [2.45, 2.75) is 39.2 Å². The van der Waals surface area contributed by atoms with Gasteiger partial charge in [0.15, 0.2) is 12.1 Å². The fourth-order valence-electron chi connectivity index (χ4n) is 1.94. The molecule has 6 heteroatoms. The first-order chi connectivity index (χ1) is 8.51. The molecule has 3 atom stereocenters. The van der Waals surface area contributed by atoms with Crippen LogP contribution in [0.15, 0.2) is 0 Å². The van der Waals surface area contributed by atoms with Crippen molar-refractivity contribution >= 4 is 11.7 Å². The summed E-state index contributed by atoms with van der Waals surface area (Å²) in [5, 5.41) is 9.64. The third-order valence-corrected chi connectivity index (χ3v) is 3.04. The van der Waals surface area contributed by atoms with Crippen LogP contribution in [0.3, 0.4) is 0 Å². The van der Waals surface area contributed by atoms with E-state index in [-0.39, 0.29) is 31.9 Å². The first kappa shape index (κ1) is 15.0. The van der Waals surface area contributed by atoms with E-state index in [1.54, 1.807) is 13.8 Å². The third kappa shape index (κ3) is 3.49. The van der Waals surface area contributed by atoms with Crippen LogP contribution in [0.1, 0.15) is 26.7 Å². The SMILES string of the molecule is CCOC(O)C1C(=O)CCN(CC(F)CC)C1=O. The predicted molar refractivity (Wildman–Crippen MR) is 62.5 cm³/mol. The van der Waals surface area contributed by atoms with Gasteiger partial charge in [0.1, 0.15) is 12.1 Å². The van der Waals surface area contributed by atoms with Gasteiger partial charge in [-0.15, -0.1) is 0 Å². The number of likely N-dealkylation sites (tertiary alicyclic amines) is 1. The number of carbonyl (C=O) groups excluding carboxylic acids is 2. The van der Waals surface area contributed by atoms with Gasteiger partial charge in [0.05, 0.1) is 6.54 Å². The fourth-order valence-corrected chi connectivity index (χ4v) is 1.94. The molecule has 1 saturated heterocycles. The molecule has 1 heterocycles. The molecule has 18 heavy (non-hydrogen) atoms. The Labute approximate surface area is 106 Å². The van der Waals surface area contributed by atoms with E-state index in [1.165, 1.54) is 4.90 Å². The molecule has 1 aliphatic rings. The van der Waals surface area contributed by atoms with Gasteiger partial charge >= 0.3 is 0 Å². The van der Waals surface area contributed by atoms with Gasteiger partial charge in [-0.3, -0.25) is 9.59 Å². The summed E-state index contributed by atoms with van der Waals surface area (Å²) in [5.74, 6) is -2.09. The molecule has 1 N–H and O–H groups in total. The molecule has 1 fully saturated rings. The van der Waals surface area contributed by atoms with Crippen molar-refractivity contribution in [3.63, 3.8) is 0 Å². The number of halogens is 1. The average Bonchev–Trinajstić information content (AvgIpc) is 2.33. The highest BCUT2D eigenvalue weighted by atomic mass is 19.1. The number of carbonyl (C=O) groups is 2. The Kier molecular flexibility index (Phi) is 5.68. The Hall–Kier alpha value is -1.01. The maximum atomic E-state index is 13.3. The van der Waals surface area contributed by atoms with Gasteiger partial charge < -0.3 is 14.7 Å². The van der Waals surface area contributed by atoms with Crippen LogP contribution in [0.2, 0.25) is 0 Å². The minimum Gasteiger partial charge on any atom is -0.367 e. The summed E-state index contributed by atoms with van der Waals surface area (Å²) < 4.78 is 18.2. The van der Waals surface area contributed by atoms with Gasteiger partial charge in [-0.2, -0.15) is 0 Å². The molecule has 104 valence electrons. The highest BCUT2D eigenvalue weighted by Crippen LogP contribution is 2.20. The largest absolute Gasteiger partial charge is 0.367 e. The molecule has 5 nitrogen and oxygen atoms in total. The second kappa shape index (κ2) is 6.80. The predicted octanol–water partition coefficient (Wildman–Crippen LogP) is 0.507. The first-order valence-corrected chi connectivity index (χ1v) is 6.26. The zero-order chi connectivity index (χ0) is 13.7. The summed E-state index contributed by atoms with van der Waals surface area (Å²) in [6.45, 7) is 3.74. The molecule has 1 amide bonds. The molecule has 0 bridgehead atoms. The normalized spacial score (nSPS) is 24.2. The van der Waals surface area contributed by atoms with Gasteiger partial charge in [-0.1, -0.05) is 6.92 Å². The van der Waals surface area contributed by atoms with Gasteiger partial charge in [0.2, 0.25) is 5.91 Å². The van der Waals surface area contributed by atoms with Crippen molar-refractivity contribution in [2.24, 2.45) is 5.92 Å². The monoisotopic (exact) mass is 261 g/mol. The Bertz CT molecular complexity index is 310. The average molecular weight is 261 g/mol. The number of piperidine rings is 1. The summed E-state index contributed by atoms with van der Waals surface area (Å²) in [4.78, 5) is 24.9. The Morgan fingerprint density at radius 2 is 2.17 bits per heavy atom. The fraction of sp³-hybridized carbons (Fsp3) is 0.833. The number of aliphatic hydroxyl groups excluding tert-OH is 1. The van der Waals surface area contributed by atoms with Crippen molar-refractivity contribution in [1.82, 2.24) is 4.90 Å². The number of ether oxygens (including phenoxy) is 1. The molecule has 0 aromatic heterocycles. The summed E-state index contributed by atoms with van der Waals surface area (Å²) in [5.41, 5.74) is 0. The quantitative estimate of drug-likeness (QED) is 0.559. The zero-order valence-electron chi connectivity index (χ0n) is 10.8. The number of aliphatic hydroxyl groups is 1. The lowest BCUT2D eigenvalue weighted by atomic mass is 9.94. The Balaban J connectivity index is 2.71. The van der Waals surface area contributed by atoms with E-state index >= 15 is 0 Å². The second-order valence-electron chi connectivity index (χ2n) is 4.33. The number of rotatable bonds is 6. The molecule has 0 radical (unpaired) electrons. The molecule has 0 aromatic rings. The minimum atomic E-state index is -1.43. The van der Waals surface area contributed by atoms with E-state index < -0.39 is 24.3 Å². The second-order valence-corrected chi connectivity index (χ2v) is 4.33. The summed E-state index contributed by atoms with van der Waals surface area (Å²) >= 11 is 0. The van der Waals surface area contributed by atoms with Crippen LogP contribution in [0.5, 0.6) is 0 Å². The molecule has 0 spiro atoms. The summed E-state index contributed by atoms with van der Waals surface area (Å²) in [6.07, 6.45) is -2.09. The number of amides is 1. The lowest BCUT2D eigenvalue weighted by molar-refractivity contribution is -0.174.